The Kier molecular flexibility index (Phi) is 4.76. The third kappa shape index (κ3) is 3.90. The molecule has 0 N–H and O–H groups in total. The predicted octanol–water partition coefficient (Wildman–Crippen LogP) is 4.92. The summed E-state index contributed by atoms with van der Waals surface area (Å²) in [4.78, 5) is 0. The fourth-order valence-corrected chi connectivity index (χ4v) is 2.76. The minimum atomic E-state index is -4.51. The molecule has 1 aromatic rings. The number of benzene rings is 1. The van der Waals surface area contributed by atoms with Crippen molar-refractivity contribution in [2.24, 2.45) is 5.92 Å². The van der Waals surface area contributed by atoms with Crippen LogP contribution in [0.1, 0.15) is 50.2 Å². The van der Waals surface area contributed by atoms with Crippen LogP contribution in [0, 0.1) is 17.2 Å². The normalized spacial score (nSPS) is 22.6. The maximum absolute atomic E-state index is 13.0. The molecule has 0 aromatic heterocycles. The second-order valence-corrected chi connectivity index (χ2v) is 5.49. The van der Waals surface area contributed by atoms with Gasteiger partial charge in [0.1, 0.15) is 5.75 Å². The first-order chi connectivity index (χ1) is 9.94. The number of nitrogens with zero attached hydrogens (tertiary/aromatic N) is 1. The Morgan fingerprint density at radius 2 is 1.90 bits per heavy atom. The summed E-state index contributed by atoms with van der Waals surface area (Å²) >= 11 is 0. The van der Waals surface area contributed by atoms with Crippen molar-refractivity contribution in [1.82, 2.24) is 0 Å². The van der Waals surface area contributed by atoms with E-state index in [2.05, 4.69) is 6.92 Å². The van der Waals surface area contributed by atoms with E-state index in [1.807, 2.05) is 0 Å². The highest BCUT2D eigenvalue weighted by Gasteiger charge is 2.35. The Balaban J connectivity index is 2.15. The largest absolute Gasteiger partial charge is 0.490 e. The summed E-state index contributed by atoms with van der Waals surface area (Å²) in [5, 5.41) is 8.74. The molecule has 5 heteroatoms. The molecule has 1 saturated carbocycles. The van der Waals surface area contributed by atoms with E-state index in [1.54, 1.807) is 6.07 Å². The summed E-state index contributed by atoms with van der Waals surface area (Å²) in [6.07, 6.45) is 0.00508. The Morgan fingerprint density at radius 1 is 1.24 bits per heavy atom. The van der Waals surface area contributed by atoms with Gasteiger partial charge in [-0.25, -0.2) is 0 Å². The lowest BCUT2D eigenvalue weighted by atomic mass is 9.86. The van der Waals surface area contributed by atoms with Gasteiger partial charge in [-0.2, -0.15) is 18.4 Å². The number of hydrogen-bond donors (Lipinski definition) is 0. The van der Waals surface area contributed by atoms with E-state index >= 15 is 0 Å². The molecular formula is C16H18F3NO. The number of halogens is 3. The van der Waals surface area contributed by atoms with E-state index in [0.29, 0.717) is 5.92 Å². The van der Waals surface area contributed by atoms with Gasteiger partial charge in [0.05, 0.1) is 23.3 Å². The average molecular weight is 297 g/mol. The maximum atomic E-state index is 13.0. The molecule has 1 aromatic carbocycles. The molecule has 2 rings (SSSR count). The van der Waals surface area contributed by atoms with Crippen molar-refractivity contribution in [1.29, 1.82) is 5.26 Å². The molecule has 21 heavy (non-hydrogen) atoms. The number of rotatable bonds is 3. The van der Waals surface area contributed by atoms with Crippen LogP contribution in [-0.4, -0.2) is 6.10 Å². The topological polar surface area (TPSA) is 33.0 Å². The van der Waals surface area contributed by atoms with Gasteiger partial charge in [0, 0.05) is 0 Å². The molecule has 1 fully saturated rings. The van der Waals surface area contributed by atoms with E-state index in [1.165, 1.54) is 12.1 Å². The van der Waals surface area contributed by atoms with Gasteiger partial charge in [0.25, 0.3) is 0 Å². The average Bonchev–Trinajstić information content (AvgIpc) is 2.47. The van der Waals surface area contributed by atoms with Crippen molar-refractivity contribution in [3.8, 4) is 11.8 Å². The van der Waals surface area contributed by atoms with Crippen LogP contribution in [0.4, 0.5) is 13.2 Å². The molecule has 0 bridgehead atoms. The van der Waals surface area contributed by atoms with Gasteiger partial charge in [-0.1, -0.05) is 13.3 Å². The van der Waals surface area contributed by atoms with Gasteiger partial charge in [-0.05, 0) is 49.8 Å². The van der Waals surface area contributed by atoms with Crippen LogP contribution in [0.5, 0.6) is 5.75 Å². The van der Waals surface area contributed by atoms with Crippen molar-refractivity contribution in [3.63, 3.8) is 0 Å². The van der Waals surface area contributed by atoms with Crippen LogP contribution in [0.3, 0.4) is 0 Å². The zero-order chi connectivity index (χ0) is 15.5. The van der Waals surface area contributed by atoms with Crippen molar-refractivity contribution in [3.05, 3.63) is 29.3 Å². The van der Waals surface area contributed by atoms with Gasteiger partial charge in [0.2, 0.25) is 0 Å². The standard InChI is InChI=1S/C16H18F3NO/c1-2-11-3-6-13(7-4-11)21-15-8-5-12(10-20)9-14(15)16(17,18)19/h5,8-9,11,13H,2-4,6-7H2,1H3. The number of alkyl halides is 3. The summed E-state index contributed by atoms with van der Waals surface area (Å²) in [7, 11) is 0. The van der Waals surface area contributed by atoms with Gasteiger partial charge in [-0.15, -0.1) is 0 Å². The van der Waals surface area contributed by atoms with Crippen LogP contribution in [0.15, 0.2) is 18.2 Å². The summed E-state index contributed by atoms with van der Waals surface area (Å²) in [6.45, 7) is 2.13. The van der Waals surface area contributed by atoms with Gasteiger partial charge >= 0.3 is 6.18 Å². The quantitative estimate of drug-likeness (QED) is 0.793. The molecule has 2 nitrogen and oxygen atoms in total. The van der Waals surface area contributed by atoms with E-state index in [4.69, 9.17) is 10.00 Å². The van der Waals surface area contributed by atoms with E-state index in [-0.39, 0.29) is 17.4 Å². The highest BCUT2D eigenvalue weighted by Crippen LogP contribution is 2.38. The van der Waals surface area contributed by atoms with Gasteiger partial charge in [-0.3, -0.25) is 0 Å². The highest BCUT2D eigenvalue weighted by atomic mass is 19.4. The smallest absolute Gasteiger partial charge is 0.420 e. The Labute approximate surface area is 122 Å². The van der Waals surface area contributed by atoms with Gasteiger partial charge in [0.15, 0.2) is 0 Å². The zero-order valence-electron chi connectivity index (χ0n) is 11.9. The molecule has 0 atom stereocenters. The van der Waals surface area contributed by atoms with Crippen LogP contribution < -0.4 is 4.74 Å². The molecule has 0 amide bonds. The van der Waals surface area contributed by atoms with E-state index < -0.39 is 11.7 Å². The SMILES string of the molecule is CCC1CCC(Oc2ccc(C#N)cc2C(F)(F)F)CC1. The van der Waals surface area contributed by atoms with Crippen molar-refractivity contribution < 1.29 is 17.9 Å². The monoisotopic (exact) mass is 297 g/mol. The molecular weight excluding hydrogens is 279 g/mol. The maximum Gasteiger partial charge on any atom is 0.420 e. The summed E-state index contributed by atoms with van der Waals surface area (Å²) < 4.78 is 44.7. The number of hydrogen-bond acceptors (Lipinski definition) is 2. The first kappa shape index (κ1) is 15.7. The Hall–Kier alpha value is -1.70. The molecule has 0 spiro atoms. The lowest BCUT2D eigenvalue weighted by molar-refractivity contribution is -0.139. The Bertz CT molecular complexity index is 525. The first-order valence-electron chi connectivity index (χ1n) is 7.22. The van der Waals surface area contributed by atoms with Crippen LogP contribution in [0.25, 0.3) is 0 Å². The second-order valence-electron chi connectivity index (χ2n) is 5.49. The minimum Gasteiger partial charge on any atom is -0.490 e. The number of ether oxygens (including phenoxy) is 1. The van der Waals surface area contributed by atoms with E-state index in [9.17, 15) is 13.2 Å². The lowest BCUT2D eigenvalue weighted by Crippen LogP contribution is -2.25. The van der Waals surface area contributed by atoms with Crippen LogP contribution in [0.2, 0.25) is 0 Å². The molecule has 0 heterocycles. The van der Waals surface area contributed by atoms with Crippen LogP contribution >= 0.6 is 0 Å². The lowest BCUT2D eigenvalue weighted by Gasteiger charge is -2.29. The summed E-state index contributed by atoms with van der Waals surface area (Å²) in [6, 6.07) is 5.20. The predicted molar refractivity (Wildman–Crippen MR) is 72.8 cm³/mol. The molecule has 0 radical (unpaired) electrons. The summed E-state index contributed by atoms with van der Waals surface area (Å²) in [5.41, 5.74) is -0.872. The fraction of sp³-hybridized carbons (Fsp3) is 0.562. The minimum absolute atomic E-state index is 0.00985. The zero-order valence-corrected chi connectivity index (χ0v) is 11.9. The second kappa shape index (κ2) is 6.38. The first-order valence-corrected chi connectivity index (χ1v) is 7.22. The van der Waals surface area contributed by atoms with Crippen molar-refractivity contribution in [2.75, 3.05) is 0 Å². The van der Waals surface area contributed by atoms with Crippen molar-refractivity contribution in [2.45, 2.75) is 51.3 Å². The molecule has 1 aliphatic rings. The van der Waals surface area contributed by atoms with Gasteiger partial charge < -0.3 is 4.74 Å². The summed E-state index contributed by atoms with van der Waals surface area (Å²) in [5.74, 6) is 0.495. The molecule has 0 unspecified atom stereocenters. The van der Waals surface area contributed by atoms with Crippen molar-refractivity contribution >= 4 is 0 Å². The highest BCUT2D eigenvalue weighted by molar-refractivity contribution is 5.43. The van der Waals surface area contributed by atoms with Crippen LogP contribution in [-0.2, 0) is 6.18 Å². The van der Waals surface area contributed by atoms with E-state index in [0.717, 1.165) is 38.2 Å². The third-order valence-corrected chi connectivity index (χ3v) is 4.08. The molecule has 0 aliphatic heterocycles. The molecule has 1 aliphatic carbocycles. The number of nitriles is 1. The fourth-order valence-electron chi connectivity index (χ4n) is 2.76. The third-order valence-electron chi connectivity index (χ3n) is 4.08. The molecule has 114 valence electrons. The Morgan fingerprint density at radius 3 is 2.43 bits per heavy atom. The molecule has 0 saturated heterocycles.